The zero-order valence-corrected chi connectivity index (χ0v) is 11.3. The number of aliphatic hydroxyl groups is 1. The first kappa shape index (κ1) is 14.6. The lowest BCUT2D eigenvalue weighted by atomic mass is 9.83. The van der Waals surface area contributed by atoms with E-state index in [2.05, 4.69) is 0 Å². The summed E-state index contributed by atoms with van der Waals surface area (Å²) in [7, 11) is 0. The van der Waals surface area contributed by atoms with E-state index < -0.39 is 28.8 Å². The summed E-state index contributed by atoms with van der Waals surface area (Å²) in [6.07, 6.45) is 0.905. The highest BCUT2D eigenvalue weighted by molar-refractivity contribution is 5.71. The van der Waals surface area contributed by atoms with E-state index in [-0.39, 0.29) is 19.4 Å². The molecule has 0 radical (unpaired) electrons. The van der Waals surface area contributed by atoms with Crippen LogP contribution in [0, 0.1) is 17.5 Å². The summed E-state index contributed by atoms with van der Waals surface area (Å²) in [5.74, 6) is -3.98. The van der Waals surface area contributed by atoms with Gasteiger partial charge in [0.2, 0.25) is 0 Å². The van der Waals surface area contributed by atoms with Gasteiger partial charge in [0.15, 0.2) is 17.4 Å². The van der Waals surface area contributed by atoms with Crippen LogP contribution in [0.2, 0.25) is 0 Å². The maximum atomic E-state index is 13.9. The molecule has 6 heteroatoms. The van der Waals surface area contributed by atoms with E-state index in [1.54, 1.807) is 0 Å². The zero-order valence-electron chi connectivity index (χ0n) is 11.3. The number of ether oxygens (including phenoxy) is 2. The fourth-order valence-corrected chi connectivity index (χ4v) is 3.01. The molecule has 1 spiro atoms. The zero-order chi connectivity index (χ0) is 15.0. The van der Waals surface area contributed by atoms with Gasteiger partial charge in [-0.05, 0) is 29.7 Å². The Hall–Kier alpha value is -1.37. The Morgan fingerprint density at radius 2 is 1.76 bits per heavy atom. The minimum atomic E-state index is -1.22. The standard InChI is InChI=1S/C15H15F3O3/c16-11-1-2-12(17)14(18)13(11)10-3-4-15(7-9(10)8-19)20-5-6-21-15/h1-2,19H,3-8H2. The van der Waals surface area contributed by atoms with Crippen LogP contribution < -0.4 is 0 Å². The van der Waals surface area contributed by atoms with Crippen molar-refractivity contribution in [3.05, 3.63) is 40.7 Å². The first-order valence-corrected chi connectivity index (χ1v) is 6.80. The van der Waals surface area contributed by atoms with Crippen molar-refractivity contribution in [2.45, 2.75) is 25.0 Å². The van der Waals surface area contributed by atoms with E-state index in [1.807, 2.05) is 0 Å². The van der Waals surface area contributed by atoms with Crippen molar-refractivity contribution in [1.29, 1.82) is 0 Å². The summed E-state index contributed by atoms with van der Waals surface area (Å²) in [4.78, 5) is 0. The highest BCUT2D eigenvalue weighted by Gasteiger charge is 2.41. The molecule has 1 aliphatic carbocycles. The third-order valence-electron chi connectivity index (χ3n) is 4.02. The van der Waals surface area contributed by atoms with Crippen molar-refractivity contribution < 1.29 is 27.8 Å². The Balaban J connectivity index is 2.05. The Bertz CT molecular complexity index is 592. The summed E-state index contributed by atoms with van der Waals surface area (Å²) in [6, 6.07) is 1.64. The average Bonchev–Trinajstić information content (AvgIpc) is 2.93. The Morgan fingerprint density at radius 3 is 2.43 bits per heavy atom. The van der Waals surface area contributed by atoms with Gasteiger partial charge in [-0.2, -0.15) is 0 Å². The number of benzene rings is 1. The van der Waals surface area contributed by atoms with Crippen molar-refractivity contribution in [3.63, 3.8) is 0 Å². The molecular weight excluding hydrogens is 285 g/mol. The minimum absolute atomic E-state index is 0.230. The first-order valence-electron chi connectivity index (χ1n) is 6.80. The van der Waals surface area contributed by atoms with Crippen LogP contribution in [0.25, 0.3) is 5.57 Å². The number of rotatable bonds is 2. The predicted molar refractivity (Wildman–Crippen MR) is 68.8 cm³/mol. The van der Waals surface area contributed by atoms with Crippen LogP contribution in [0.4, 0.5) is 13.2 Å². The molecule has 114 valence electrons. The maximum Gasteiger partial charge on any atom is 0.172 e. The average molecular weight is 300 g/mol. The Labute approximate surface area is 120 Å². The number of hydrogen-bond donors (Lipinski definition) is 1. The van der Waals surface area contributed by atoms with Crippen LogP contribution >= 0.6 is 0 Å². The van der Waals surface area contributed by atoms with Crippen molar-refractivity contribution in [2.24, 2.45) is 0 Å². The second kappa shape index (κ2) is 5.44. The number of hydrogen-bond acceptors (Lipinski definition) is 3. The monoisotopic (exact) mass is 300 g/mol. The summed E-state index contributed by atoms with van der Waals surface area (Å²) in [6.45, 7) is 0.534. The molecule has 2 aliphatic rings. The van der Waals surface area contributed by atoms with Crippen LogP contribution in [0.1, 0.15) is 24.8 Å². The van der Waals surface area contributed by atoms with E-state index in [0.717, 1.165) is 12.1 Å². The summed E-state index contributed by atoms with van der Waals surface area (Å²) >= 11 is 0. The Kier molecular flexibility index (Phi) is 3.77. The molecule has 1 aromatic rings. The quantitative estimate of drug-likeness (QED) is 0.854. The molecule has 1 fully saturated rings. The molecule has 0 atom stereocenters. The normalized spacial score (nSPS) is 21.3. The largest absolute Gasteiger partial charge is 0.392 e. The highest BCUT2D eigenvalue weighted by atomic mass is 19.2. The lowest BCUT2D eigenvalue weighted by Gasteiger charge is -2.34. The number of allylic oxidation sites excluding steroid dienone is 1. The molecule has 0 saturated carbocycles. The highest BCUT2D eigenvalue weighted by Crippen LogP contribution is 2.43. The third-order valence-corrected chi connectivity index (χ3v) is 4.02. The van der Waals surface area contributed by atoms with E-state index >= 15 is 0 Å². The lowest BCUT2D eigenvalue weighted by molar-refractivity contribution is -0.162. The van der Waals surface area contributed by atoms with Gasteiger partial charge in [-0.1, -0.05) is 0 Å². The van der Waals surface area contributed by atoms with Crippen LogP contribution in [0.5, 0.6) is 0 Å². The predicted octanol–water partition coefficient (Wildman–Crippen LogP) is 2.78. The minimum Gasteiger partial charge on any atom is -0.392 e. The molecule has 0 bridgehead atoms. The van der Waals surface area contributed by atoms with Gasteiger partial charge in [-0.15, -0.1) is 0 Å². The molecule has 1 aromatic carbocycles. The number of halogens is 3. The van der Waals surface area contributed by atoms with Crippen LogP contribution in [-0.2, 0) is 9.47 Å². The second-order valence-electron chi connectivity index (χ2n) is 5.24. The summed E-state index contributed by atoms with van der Waals surface area (Å²) in [5.41, 5.74) is 0.329. The molecule has 1 saturated heterocycles. The third kappa shape index (κ3) is 2.47. The van der Waals surface area contributed by atoms with Gasteiger partial charge >= 0.3 is 0 Å². The maximum absolute atomic E-state index is 13.9. The van der Waals surface area contributed by atoms with Gasteiger partial charge in [-0.3, -0.25) is 0 Å². The van der Waals surface area contributed by atoms with Gasteiger partial charge < -0.3 is 14.6 Å². The van der Waals surface area contributed by atoms with Gasteiger partial charge in [0.1, 0.15) is 5.82 Å². The smallest absolute Gasteiger partial charge is 0.172 e. The van der Waals surface area contributed by atoms with Gasteiger partial charge in [-0.25, -0.2) is 13.2 Å². The topological polar surface area (TPSA) is 38.7 Å². The molecule has 3 nitrogen and oxygen atoms in total. The molecule has 0 unspecified atom stereocenters. The van der Waals surface area contributed by atoms with Crippen molar-refractivity contribution in [1.82, 2.24) is 0 Å². The molecule has 0 amide bonds. The van der Waals surface area contributed by atoms with Crippen LogP contribution in [0.3, 0.4) is 0 Å². The molecule has 21 heavy (non-hydrogen) atoms. The van der Waals surface area contributed by atoms with Gasteiger partial charge in [0.05, 0.1) is 25.4 Å². The molecule has 1 heterocycles. The molecular formula is C15H15F3O3. The molecule has 1 aliphatic heterocycles. The first-order chi connectivity index (χ1) is 10.1. The lowest BCUT2D eigenvalue weighted by Crippen LogP contribution is -2.34. The van der Waals surface area contributed by atoms with Crippen LogP contribution in [0.15, 0.2) is 17.7 Å². The number of aliphatic hydroxyl groups excluding tert-OH is 1. The molecule has 3 rings (SSSR count). The van der Waals surface area contributed by atoms with Crippen molar-refractivity contribution in [2.75, 3.05) is 19.8 Å². The van der Waals surface area contributed by atoms with E-state index in [4.69, 9.17) is 9.47 Å². The molecule has 0 aromatic heterocycles. The SMILES string of the molecule is OCC1=C(c2c(F)ccc(F)c2F)CCC2(C1)OCCO2. The van der Waals surface area contributed by atoms with Gasteiger partial charge in [0.25, 0.3) is 0 Å². The van der Waals surface area contributed by atoms with E-state index in [0.29, 0.717) is 30.8 Å². The van der Waals surface area contributed by atoms with Crippen molar-refractivity contribution >= 4 is 5.57 Å². The second-order valence-corrected chi connectivity index (χ2v) is 5.24. The molecule has 1 N–H and O–H groups in total. The fraction of sp³-hybridized carbons (Fsp3) is 0.467. The van der Waals surface area contributed by atoms with Crippen LogP contribution in [-0.4, -0.2) is 30.7 Å². The summed E-state index contributed by atoms with van der Waals surface area (Å²) < 4.78 is 52.3. The fourth-order valence-electron chi connectivity index (χ4n) is 3.01. The summed E-state index contributed by atoms with van der Waals surface area (Å²) in [5, 5.41) is 9.51. The van der Waals surface area contributed by atoms with Gasteiger partial charge in [0, 0.05) is 12.8 Å². The Morgan fingerprint density at radius 1 is 1.10 bits per heavy atom. The van der Waals surface area contributed by atoms with E-state index in [1.165, 1.54) is 0 Å². The van der Waals surface area contributed by atoms with Crippen molar-refractivity contribution in [3.8, 4) is 0 Å². The van der Waals surface area contributed by atoms with E-state index in [9.17, 15) is 18.3 Å².